The zero-order chi connectivity index (χ0) is 20.1. The molecule has 5 nitrogen and oxygen atoms in total. The second kappa shape index (κ2) is 13.2. The van der Waals surface area contributed by atoms with Crippen LogP contribution in [0.1, 0.15) is 51.9 Å². The molecule has 0 spiro atoms. The minimum Gasteiger partial charge on any atom is -0.481 e. The van der Waals surface area contributed by atoms with Crippen molar-refractivity contribution in [3.8, 4) is 0 Å². The van der Waals surface area contributed by atoms with Crippen LogP contribution in [0.15, 0.2) is 48.6 Å². The van der Waals surface area contributed by atoms with E-state index < -0.39 is 18.2 Å². The van der Waals surface area contributed by atoms with Gasteiger partial charge in [0, 0.05) is 24.7 Å². The Morgan fingerprint density at radius 1 is 1.19 bits per heavy atom. The lowest BCUT2D eigenvalue weighted by Crippen LogP contribution is -2.19. The van der Waals surface area contributed by atoms with E-state index >= 15 is 0 Å². The smallest absolute Gasteiger partial charge is 0.303 e. The van der Waals surface area contributed by atoms with Crippen molar-refractivity contribution in [2.45, 2.75) is 64.1 Å². The van der Waals surface area contributed by atoms with Crippen molar-refractivity contribution in [3.05, 3.63) is 48.6 Å². The van der Waals surface area contributed by atoms with Crippen LogP contribution in [0, 0.1) is 11.8 Å². The maximum atomic E-state index is 12.1. The summed E-state index contributed by atoms with van der Waals surface area (Å²) in [7, 11) is 0. The highest BCUT2D eigenvalue weighted by molar-refractivity contribution is 5.86. The number of aliphatic carboxylic acids is 1. The molecule has 1 rings (SSSR count). The van der Waals surface area contributed by atoms with Crippen molar-refractivity contribution in [3.63, 3.8) is 0 Å². The van der Waals surface area contributed by atoms with Gasteiger partial charge in [0.25, 0.3) is 0 Å². The van der Waals surface area contributed by atoms with Gasteiger partial charge in [0.2, 0.25) is 0 Å². The molecule has 1 aliphatic rings. The van der Waals surface area contributed by atoms with E-state index in [2.05, 4.69) is 0 Å². The first kappa shape index (κ1) is 23.1. The van der Waals surface area contributed by atoms with Gasteiger partial charge in [-0.15, -0.1) is 0 Å². The molecule has 1 saturated carbocycles. The molecule has 1 fully saturated rings. The minimum absolute atomic E-state index is 0.0158. The molecule has 0 unspecified atom stereocenters. The summed E-state index contributed by atoms with van der Waals surface area (Å²) in [6.45, 7) is 2.03. The third kappa shape index (κ3) is 9.50. The van der Waals surface area contributed by atoms with Gasteiger partial charge in [0.05, 0.1) is 12.2 Å². The second-order valence-electron chi connectivity index (χ2n) is 6.84. The Balaban J connectivity index is 2.48. The van der Waals surface area contributed by atoms with Crippen LogP contribution in [0.4, 0.5) is 0 Å². The van der Waals surface area contributed by atoms with Crippen LogP contribution in [-0.2, 0) is 9.59 Å². The summed E-state index contributed by atoms with van der Waals surface area (Å²) in [6, 6.07) is 0. The van der Waals surface area contributed by atoms with Crippen molar-refractivity contribution in [2.75, 3.05) is 0 Å². The van der Waals surface area contributed by atoms with Gasteiger partial charge < -0.3 is 15.3 Å². The Bertz CT molecular complexity index is 573. The first-order valence-electron chi connectivity index (χ1n) is 9.69. The van der Waals surface area contributed by atoms with Gasteiger partial charge in [0.15, 0.2) is 0 Å². The predicted molar refractivity (Wildman–Crippen MR) is 106 cm³/mol. The zero-order valence-electron chi connectivity index (χ0n) is 16.0. The fraction of sp³-hybridized carbons (Fsp3) is 0.545. The molecule has 1 aliphatic carbocycles. The maximum absolute atomic E-state index is 12.1. The van der Waals surface area contributed by atoms with Crippen LogP contribution in [0.2, 0.25) is 0 Å². The molecule has 0 aromatic carbocycles. The summed E-state index contributed by atoms with van der Waals surface area (Å²) in [6.07, 6.45) is 17.2. The lowest BCUT2D eigenvalue weighted by Gasteiger charge is -2.16. The number of ketones is 1. The van der Waals surface area contributed by atoms with Crippen LogP contribution in [0.3, 0.4) is 0 Å². The lowest BCUT2D eigenvalue weighted by atomic mass is 9.90. The Hall–Kier alpha value is -1.98. The summed E-state index contributed by atoms with van der Waals surface area (Å²) in [5.41, 5.74) is 0. The molecule has 0 aromatic heterocycles. The van der Waals surface area contributed by atoms with Crippen LogP contribution in [-0.4, -0.2) is 39.3 Å². The monoisotopic (exact) mass is 376 g/mol. The number of rotatable bonds is 12. The van der Waals surface area contributed by atoms with Crippen LogP contribution in [0.25, 0.3) is 0 Å². The molecule has 5 heteroatoms. The number of Topliss-reactive ketones (excluding diaryl/α,β-unsaturated/α-hetero) is 1. The molecule has 0 heterocycles. The molecule has 0 amide bonds. The molecule has 0 aromatic rings. The topological polar surface area (TPSA) is 94.8 Å². The maximum Gasteiger partial charge on any atom is 0.303 e. The first-order chi connectivity index (χ1) is 13.0. The number of hydrogen-bond acceptors (Lipinski definition) is 4. The number of carbonyl (C=O) groups excluding carboxylic acids is 1. The van der Waals surface area contributed by atoms with Crippen LogP contribution < -0.4 is 0 Å². The van der Waals surface area contributed by atoms with E-state index in [-0.39, 0.29) is 30.5 Å². The van der Waals surface area contributed by atoms with Crippen molar-refractivity contribution in [1.82, 2.24) is 0 Å². The van der Waals surface area contributed by atoms with E-state index in [4.69, 9.17) is 5.11 Å². The highest BCUT2D eigenvalue weighted by atomic mass is 16.4. The molecule has 0 radical (unpaired) electrons. The molecule has 4 atom stereocenters. The Morgan fingerprint density at radius 3 is 2.63 bits per heavy atom. The summed E-state index contributed by atoms with van der Waals surface area (Å²) >= 11 is 0. The first-order valence-corrected chi connectivity index (χ1v) is 9.69. The van der Waals surface area contributed by atoms with E-state index in [0.29, 0.717) is 25.7 Å². The van der Waals surface area contributed by atoms with Gasteiger partial charge in [-0.25, -0.2) is 0 Å². The lowest BCUT2D eigenvalue weighted by molar-refractivity contribution is -0.136. The third-order valence-corrected chi connectivity index (χ3v) is 4.60. The SMILES string of the molecule is CC/C=C\C[C@@H](O)/C=C/[C@H]1C(=O)C[C@H](O)[C@H]1C/C=C\C/C=C\CCC(=O)O. The summed E-state index contributed by atoms with van der Waals surface area (Å²) in [5, 5.41) is 28.7. The number of aliphatic hydroxyl groups excluding tert-OH is 2. The van der Waals surface area contributed by atoms with Gasteiger partial charge in [0.1, 0.15) is 5.78 Å². The standard InChI is InChI=1S/C22H32O5/c1-2-3-8-11-17(23)14-15-19-18(20(24)16-21(19)25)12-9-6-4-5-7-10-13-22(26)27/h3,5-9,14-15,17-20,23-24H,2,4,10-13,16H2,1H3,(H,26,27)/b7-5-,8-3-,9-6-,15-14+/t17-,18+,19-,20+/m1/s1. The van der Waals surface area contributed by atoms with E-state index in [0.717, 1.165) is 6.42 Å². The molecular formula is C22H32O5. The van der Waals surface area contributed by atoms with Crippen LogP contribution >= 0.6 is 0 Å². The number of carbonyl (C=O) groups is 2. The van der Waals surface area contributed by atoms with Gasteiger partial charge in [-0.05, 0) is 32.1 Å². The van der Waals surface area contributed by atoms with E-state index in [1.54, 1.807) is 12.2 Å². The third-order valence-electron chi connectivity index (χ3n) is 4.60. The average molecular weight is 376 g/mol. The fourth-order valence-corrected chi connectivity index (χ4v) is 3.10. The molecular weight excluding hydrogens is 344 g/mol. The van der Waals surface area contributed by atoms with E-state index in [9.17, 15) is 19.8 Å². The van der Waals surface area contributed by atoms with Crippen molar-refractivity contribution >= 4 is 11.8 Å². The van der Waals surface area contributed by atoms with Crippen molar-refractivity contribution in [2.24, 2.45) is 11.8 Å². The molecule has 27 heavy (non-hydrogen) atoms. The quantitative estimate of drug-likeness (QED) is 0.453. The molecule has 0 saturated heterocycles. The second-order valence-corrected chi connectivity index (χ2v) is 6.84. The Labute approximate surface area is 161 Å². The normalized spacial score (nSPS) is 24.9. The average Bonchev–Trinajstić information content (AvgIpc) is 2.88. The Kier molecular flexibility index (Phi) is 11.3. The minimum atomic E-state index is -0.805. The van der Waals surface area contributed by atoms with Gasteiger partial charge >= 0.3 is 5.97 Å². The van der Waals surface area contributed by atoms with E-state index in [1.807, 2.05) is 43.4 Å². The van der Waals surface area contributed by atoms with Gasteiger partial charge in [-0.3, -0.25) is 9.59 Å². The highest BCUT2D eigenvalue weighted by Gasteiger charge is 2.39. The predicted octanol–water partition coefficient (Wildman–Crippen LogP) is 3.58. The van der Waals surface area contributed by atoms with Crippen molar-refractivity contribution < 1.29 is 24.9 Å². The van der Waals surface area contributed by atoms with Crippen molar-refractivity contribution in [1.29, 1.82) is 0 Å². The highest BCUT2D eigenvalue weighted by Crippen LogP contribution is 2.33. The number of allylic oxidation sites excluding steroid dienone is 6. The summed E-state index contributed by atoms with van der Waals surface area (Å²) in [5.74, 6) is -1.32. The number of aliphatic hydroxyl groups is 2. The molecule has 3 N–H and O–H groups in total. The van der Waals surface area contributed by atoms with Gasteiger partial charge in [-0.2, -0.15) is 0 Å². The van der Waals surface area contributed by atoms with Crippen LogP contribution in [0.5, 0.6) is 0 Å². The number of hydrogen-bond donors (Lipinski definition) is 3. The fourth-order valence-electron chi connectivity index (χ4n) is 3.10. The van der Waals surface area contributed by atoms with Gasteiger partial charge in [-0.1, -0.05) is 55.5 Å². The number of carboxylic acid groups (broad SMARTS) is 1. The zero-order valence-corrected chi connectivity index (χ0v) is 16.0. The molecule has 0 bridgehead atoms. The molecule has 0 aliphatic heterocycles. The molecule has 150 valence electrons. The largest absolute Gasteiger partial charge is 0.481 e. The number of carboxylic acids is 1. The summed E-state index contributed by atoms with van der Waals surface area (Å²) in [4.78, 5) is 22.5. The van der Waals surface area contributed by atoms with E-state index in [1.165, 1.54) is 0 Å². The summed E-state index contributed by atoms with van der Waals surface area (Å²) < 4.78 is 0. The Morgan fingerprint density at radius 2 is 1.93 bits per heavy atom.